The molecular formula is C2FeLiMnO4+3. The van der Waals surface area contributed by atoms with Gasteiger partial charge >= 0.3 is 53.0 Å². The summed E-state index contributed by atoms with van der Waals surface area (Å²) >= 11 is 0. The molecule has 0 aliphatic heterocycles. The van der Waals surface area contributed by atoms with Gasteiger partial charge in [0.05, 0.1) is 11.9 Å². The molecule has 0 aromatic heterocycles. The number of hydrogen-bond donors (Lipinski definition) is 0. The van der Waals surface area contributed by atoms with E-state index < -0.39 is 11.9 Å². The van der Waals surface area contributed by atoms with Crippen molar-refractivity contribution >= 4 is 11.9 Å². The number of carbonyl (C=O) groups excluding carboxylic acids is 2. The van der Waals surface area contributed by atoms with Crippen LogP contribution < -0.4 is 29.1 Å². The standard InChI is InChI=1S/C2H2O4.Fe.Li.Mn/c3-1(4)2(5)6;;;/h(H,3,4)(H,5,6);;;/q;+2;+1;+2/p-2. The average Bonchev–Trinajstić information content (AvgIpc) is 1.36. The van der Waals surface area contributed by atoms with Crippen molar-refractivity contribution in [1.29, 1.82) is 0 Å². The minimum absolute atomic E-state index is 0. The smallest absolute Gasteiger partial charge is 0.543 e. The van der Waals surface area contributed by atoms with Gasteiger partial charge in [-0.3, -0.25) is 0 Å². The van der Waals surface area contributed by atoms with Gasteiger partial charge in [0, 0.05) is 0 Å². The second-order valence-corrected chi connectivity index (χ2v) is 0.575. The summed E-state index contributed by atoms with van der Waals surface area (Å²) in [5.74, 6) is -4.37. The van der Waals surface area contributed by atoms with Crippen molar-refractivity contribution in [2.45, 2.75) is 0 Å². The van der Waals surface area contributed by atoms with Crippen LogP contribution in [-0.2, 0) is 43.7 Å². The summed E-state index contributed by atoms with van der Waals surface area (Å²) in [6.45, 7) is 0. The van der Waals surface area contributed by atoms with Gasteiger partial charge in [0.1, 0.15) is 0 Å². The third-order valence-corrected chi connectivity index (χ3v) is 0.167. The van der Waals surface area contributed by atoms with E-state index in [-0.39, 0.29) is 53.0 Å². The summed E-state index contributed by atoms with van der Waals surface area (Å²) in [5.41, 5.74) is 0. The minimum Gasteiger partial charge on any atom is -0.543 e. The van der Waals surface area contributed by atoms with Gasteiger partial charge < -0.3 is 19.8 Å². The molecule has 0 bridgehead atoms. The molecule has 1 radical (unpaired) electrons. The van der Waals surface area contributed by atoms with Crippen molar-refractivity contribution in [3.8, 4) is 0 Å². The predicted molar refractivity (Wildman–Crippen MR) is 10.0 cm³/mol. The monoisotopic (exact) mass is 206 g/mol. The molecule has 0 fully saturated rings. The minimum atomic E-state index is -2.19. The number of rotatable bonds is 0. The van der Waals surface area contributed by atoms with Crippen molar-refractivity contribution < 1.29 is 72.8 Å². The maximum atomic E-state index is 8.93. The van der Waals surface area contributed by atoms with Crippen LogP contribution in [0.3, 0.4) is 0 Å². The molecule has 9 heavy (non-hydrogen) atoms. The van der Waals surface area contributed by atoms with Crippen LogP contribution >= 0.6 is 0 Å². The van der Waals surface area contributed by atoms with Gasteiger partial charge in [0.15, 0.2) is 0 Å². The first kappa shape index (κ1) is 22.7. The van der Waals surface area contributed by atoms with Gasteiger partial charge in [-0.2, -0.15) is 0 Å². The molecule has 0 aliphatic carbocycles. The topological polar surface area (TPSA) is 80.3 Å². The number of carboxylic acids is 2. The molecule has 0 atom stereocenters. The summed E-state index contributed by atoms with van der Waals surface area (Å²) in [5, 5.41) is 17.9. The van der Waals surface area contributed by atoms with Crippen molar-refractivity contribution in [1.82, 2.24) is 0 Å². The number of aliphatic carboxylic acids is 2. The molecule has 45 valence electrons. The summed E-state index contributed by atoms with van der Waals surface area (Å²) in [4.78, 5) is 17.9. The van der Waals surface area contributed by atoms with Gasteiger partial charge in [-0.05, 0) is 0 Å². The maximum absolute atomic E-state index is 8.93. The van der Waals surface area contributed by atoms with E-state index in [0.29, 0.717) is 0 Å². The third kappa shape index (κ3) is 17.7. The van der Waals surface area contributed by atoms with Crippen molar-refractivity contribution in [2.75, 3.05) is 0 Å². The Balaban J connectivity index is -0.0000000417. The van der Waals surface area contributed by atoms with Gasteiger partial charge in [-0.15, -0.1) is 0 Å². The molecule has 0 amide bonds. The first-order valence-electron chi connectivity index (χ1n) is 1.07. The Labute approximate surface area is 84.5 Å². The molecule has 0 saturated heterocycles. The second-order valence-electron chi connectivity index (χ2n) is 0.575. The SMILES string of the molecule is O=C([O-])C(=O)[O-].[Fe+2].[Li+].[Mn+2]. The van der Waals surface area contributed by atoms with Crippen molar-refractivity contribution in [2.24, 2.45) is 0 Å². The van der Waals surface area contributed by atoms with E-state index in [1.165, 1.54) is 0 Å². The maximum Gasteiger partial charge on any atom is 2.00 e. The van der Waals surface area contributed by atoms with Crippen LogP contribution in [0.5, 0.6) is 0 Å². The van der Waals surface area contributed by atoms with Gasteiger partial charge in [-0.25, -0.2) is 0 Å². The molecular weight excluding hydrogens is 206 g/mol. The number of hydrogen-bond acceptors (Lipinski definition) is 4. The molecule has 0 aromatic carbocycles. The number of carboxylic acid groups (broad SMARTS) is 2. The Kier molecular flexibility index (Phi) is 28.6. The summed E-state index contributed by atoms with van der Waals surface area (Å²) < 4.78 is 0. The third-order valence-electron chi connectivity index (χ3n) is 0.167. The first-order chi connectivity index (χ1) is 2.64. The van der Waals surface area contributed by atoms with Crippen LogP contribution in [-0.4, -0.2) is 11.9 Å². The summed E-state index contributed by atoms with van der Waals surface area (Å²) in [7, 11) is 0. The molecule has 7 heteroatoms. The Morgan fingerprint density at radius 3 is 1.11 bits per heavy atom. The molecule has 0 aliphatic rings. The molecule has 0 N–H and O–H groups in total. The molecule has 0 aromatic rings. The molecule has 0 rings (SSSR count). The number of carbonyl (C=O) groups is 2. The Morgan fingerprint density at radius 2 is 1.11 bits per heavy atom. The summed E-state index contributed by atoms with van der Waals surface area (Å²) in [6.07, 6.45) is 0. The fraction of sp³-hybridized carbons (Fsp3) is 0. The van der Waals surface area contributed by atoms with E-state index in [0.717, 1.165) is 0 Å². The van der Waals surface area contributed by atoms with E-state index in [1.54, 1.807) is 0 Å². The van der Waals surface area contributed by atoms with E-state index in [1.807, 2.05) is 0 Å². The van der Waals surface area contributed by atoms with Crippen molar-refractivity contribution in [3.63, 3.8) is 0 Å². The van der Waals surface area contributed by atoms with Crippen LogP contribution in [0, 0.1) is 0 Å². The molecule has 0 saturated carbocycles. The molecule has 0 heterocycles. The van der Waals surface area contributed by atoms with Crippen LogP contribution in [0.2, 0.25) is 0 Å². The van der Waals surface area contributed by atoms with Gasteiger partial charge in [0.25, 0.3) is 0 Å². The Hall–Kier alpha value is 0.576. The quantitative estimate of drug-likeness (QED) is 0.291. The largest absolute Gasteiger partial charge is 2.00 e. The average molecular weight is 206 g/mol. The fourth-order valence-electron chi connectivity index (χ4n) is 0. The van der Waals surface area contributed by atoms with Crippen LogP contribution in [0.15, 0.2) is 0 Å². The van der Waals surface area contributed by atoms with Crippen molar-refractivity contribution in [3.05, 3.63) is 0 Å². The van der Waals surface area contributed by atoms with Crippen LogP contribution in [0.1, 0.15) is 0 Å². The van der Waals surface area contributed by atoms with E-state index in [9.17, 15) is 0 Å². The van der Waals surface area contributed by atoms with E-state index in [4.69, 9.17) is 19.8 Å². The second kappa shape index (κ2) is 11.4. The summed E-state index contributed by atoms with van der Waals surface area (Å²) in [6, 6.07) is 0. The predicted octanol–water partition coefficient (Wildman–Crippen LogP) is -6.51. The Bertz CT molecular complexity index is 84.6. The van der Waals surface area contributed by atoms with E-state index >= 15 is 0 Å². The Morgan fingerprint density at radius 1 is 1.00 bits per heavy atom. The normalized spacial score (nSPS) is 4.89. The fourth-order valence-corrected chi connectivity index (χ4v) is 0. The zero-order valence-electron chi connectivity index (χ0n) is 4.36. The van der Waals surface area contributed by atoms with Crippen LogP contribution in [0.4, 0.5) is 0 Å². The van der Waals surface area contributed by atoms with Crippen LogP contribution in [0.25, 0.3) is 0 Å². The molecule has 4 nitrogen and oxygen atoms in total. The molecule has 0 spiro atoms. The van der Waals surface area contributed by atoms with Gasteiger partial charge in [-0.1, -0.05) is 0 Å². The first-order valence-corrected chi connectivity index (χ1v) is 1.07. The molecule has 0 unspecified atom stereocenters. The van der Waals surface area contributed by atoms with E-state index in [2.05, 4.69) is 0 Å². The van der Waals surface area contributed by atoms with Gasteiger partial charge in [0.2, 0.25) is 0 Å². The zero-order chi connectivity index (χ0) is 5.15. The zero-order valence-corrected chi connectivity index (χ0v) is 6.65.